The summed E-state index contributed by atoms with van der Waals surface area (Å²) in [6.45, 7) is 5.25. The fourth-order valence-corrected chi connectivity index (χ4v) is 0.671. The van der Waals surface area contributed by atoms with Crippen LogP contribution in [0.5, 0.6) is 0 Å². The molecular formula is C7H17O7P. The topological polar surface area (TPSA) is 102 Å². The maximum absolute atomic E-state index is 10.7. The van der Waals surface area contributed by atoms with Crippen LogP contribution in [-0.4, -0.2) is 37.7 Å². The molecule has 0 amide bonds. The number of carbonyl (C=O) groups is 1. The number of rotatable bonds is 3. The molecule has 0 radical (unpaired) electrons. The van der Waals surface area contributed by atoms with Gasteiger partial charge in [0.25, 0.3) is 0 Å². The minimum atomic E-state index is -3.16. The van der Waals surface area contributed by atoms with Crippen molar-refractivity contribution >= 4 is 14.0 Å². The van der Waals surface area contributed by atoms with Crippen LogP contribution in [0, 0.1) is 0 Å². The van der Waals surface area contributed by atoms with E-state index in [1.54, 1.807) is 6.08 Å². The van der Waals surface area contributed by atoms with Gasteiger partial charge in [-0.15, -0.1) is 6.58 Å². The molecular weight excluding hydrogens is 227 g/mol. The number of carboxylic acid groups (broad SMARTS) is 2. The molecule has 0 saturated carbocycles. The van der Waals surface area contributed by atoms with Crippen molar-refractivity contribution in [3.8, 4) is 0 Å². The van der Waals surface area contributed by atoms with Crippen molar-refractivity contribution in [3.05, 3.63) is 12.7 Å². The molecule has 92 valence electrons. The number of hydrogen-bond acceptors (Lipinski definition) is 5. The van der Waals surface area contributed by atoms with Gasteiger partial charge in [0.05, 0.1) is 0 Å². The van der Waals surface area contributed by atoms with Gasteiger partial charge in [-0.2, -0.15) is 0 Å². The molecule has 0 fully saturated rings. The SMILES string of the molecule is C=CC.COP(=O)(OC)OC.O=C(O)O. The summed E-state index contributed by atoms with van der Waals surface area (Å²) in [4.78, 5) is 8.56. The fraction of sp³-hybridized carbons (Fsp3) is 0.571. The van der Waals surface area contributed by atoms with Gasteiger partial charge in [-0.25, -0.2) is 9.36 Å². The third-order valence-electron chi connectivity index (χ3n) is 0.671. The molecule has 15 heavy (non-hydrogen) atoms. The Morgan fingerprint density at radius 3 is 1.33 bits per heavy atom. The Labute approximate surface area is 88.9 Å². The Hall–Kier alpha value is -0.880. The molecule has 0 bridgehead atoms. The van der Waals surface area contributed by atoms with Crippen LogP contribution in [0.15, 0.2) is 12.7 Å². The lowest BCUT2D eigenvalue weighted by molar-refractivity contribution is 0.137. The van der Waals surface area contributed by atoms with E-state index in [9.17, 15) is 4.57 Å². The first-order valence-electron chi connectivity index (χ1n) is 3.59. The number of hydrogen-bond donors (Lipinski definition) is 2. The Bertz CT molecular complexity index is 180. The van der Waals surface area contributed by atoms with E-state index in [1.807, 2.05) is 6.92 Å². The van der Waals surface area contributed by atoms with Crippen LogP contribution in [-0.2, 0) is 18.1 Å². The van der Waals surface area contributed by atoms with Crippen molar-refractivity contribution in [2.24, 2.45) is 0 Å². The van der Waals surface area contributed by atoms with Crippen LogP contribution in [0.3, 0.4) is 0 Å². The molecule has 0 rings (SSSR count). The highest BCUT2D eigenvalue weighted by Crippen LogP contribution is 2.46. The van der Waals surface area contributed by atoms with Gasteiger partial charge in [0, 0.05) is 21.3 Å². The van der Waals surface area contributed by atoms with Crippen LogP contribution in [0.4, 0.5) is 4.79 Å². The van der Waals surface area contributed by atoms with Crippen molar-refractivity contribution in [2.45, 2.75) is 6.92 Å². The second-order valence-electron chi connectivity index (χ2n) is 1.69. The molecule has 2 N–H and O–H groups in total. The van der Waals surface area contributed by atoms with Crippen molar-refractivity contribution in [1.29, 1.82) is 0 Å². The summed E-state index contributed by atoms with van der Waals surface area (Å²) in [6.07, 6.45) is -0.0833. The average Bonchev–Trinajstić information content (AvgIpc) is 2.17. The molecule has 0 unspecified atom stereocenters. The zero-order valence-electron chi connectivity index (χ0n) is 9.17. The van der Waals surface area contributed by atoms with Crippen molar-refractivity contribution in [2.75, 3.05) is 21.3 Å². The zero-order chi connectivity index (χ0) is 12.9. The van der Waals surface area contributed by atoms with Gasteiger partial charge in [-0.3, -0.25) is 13.6 Å². The smallest absolute Gasteiger partial charge is 0.450 e. The van der Waals surface area contributed by atoms with Crippen LogP contribution in [0.2, 0.25) is 0 Å². The average molecular weight is 244 g/mol. The minimum absolute atomic E-state index is 1.26. The fourth-order valence-electron chi connectivity index (χ4n) is 0.224. The zero-order valence-corrected chi connectivity index (χ0v) is 10.1. The van der Waals surface area contributed by atoms with E-state index in [0.29, 0.717) is 0 Å². The van der Waals surface area contributed by atoms with Crippen LogP contribution in [0.1, 0.15) is 6.92 Å². The molecule has 0 aliphatic heterocycles. The van der Waals surface area contributed by atoms with E-state index in [0.717, 1.165) is 0 Å². The van der Waals surface area contributed by atoms with E-state index in [-0.39, 0.29) is 0 Å². The first kappa shape index (κ1) is 19.7. The third kappa shape index (κ3) is 24.6. The maximum atomic E-state index is 10.7. The molecule has 0 aliphatic carbocycles. The minimum Gasteiger partial charge on any atom is -0.450 e. The summed E-state index contributed by atoms with van der Waals surface area (Å²) in [5.74, 6) is 0. The highest BCUT2D eigenvalue weighted by molar-refractivity contribution is 7.48. The normalized spacial score (nSPS) is 8.80. The Balaban J connectivity index is -0.000000173. The van der Waals surface area contributed by atoms with Crippen molar-refractivity contribution < 1.29 is 33.1 Å². The second-order valence-corrected chi connectivity index (χ2v) is 3.68. The number of allylic oxidation sites excluding steroid dienone is 1. The molecule has 0 aromatic carbocycles. The van der Waals surface area contributed by atoms with Gasteiger partial charge in [-0.1, -0.05) is 6.08 Å². The lowest BCUT2D eigenvalue weighted by Crippen LogP contribution is -1.88. The van der Waals surface area contributed by atoms with Gasteiger partial charge in [-0.05, 0) is 6.92 Å². The van der Waals surface area contributed by atoms with Crippen LogP contribution >= 0.6 is 7.82 Å². The van der Waals surface area contributed by atoms with E-state index >= 15 is 0 Å². The van der Waals surface area contributed by atoms with E-state index < -0.39 is 14.0 Å². The standard InChI is InChI=1S/C3H9O4P.C3H6.CH2O3/c1-5-8(4,6-2)7-3;1-3-2;2-1(3)4/h1-3H3;3H,1H2,2H3;(H2,2,3,4). The van der Waals surface area contributed by atoms with Gasteiger partial charge >= 0.3 is 14.0 Å². The first-order chi connectivity index (χ1) is 6.83. The Morgan fingerprint density at radius 1 is 1.20 bits per heavy atom. The monoisotopic (exact) mass is 244 g/mol. The molecule has 7 nitrogen and oxygen atoms in total. The van der Waals surface area contributed by atoms with Crippen molar-refractivity contribution in [1.82, 2.24) is 0 Å². The molecule has 0 spiro atoms. The largest absolute Gasteiger partial charge is 0.503 e. The molecule has 8 heteroatoms. The first-order valence-corrected chi connectivity index (χ1v) is 5.05. The summed E-state index contributed by atoms with van der Waals surface area (Å²) in [5, 5.41) is 13.9. The predicted molar refractivity (Wildman–Crippen MR) is 55.2 cm³/mol. The van der Waals surface area contributed by atoms with Crippen LogP contribution in [0.25, 0.3) is 0 Å². The van der Waals surface area contributed by atoms with Gasteiger partial charge in [0.15, 0.2) is 0 Å². The molecule has 0 aliphatic rings. The van der Waals surface area contributed by atoms with E-state index in [2.05, 4.69) is 20.2 Å². The quantitative estimate of drug-likeness (QED) is 0.580. The molecule has 0 saturated heterocycles. The number of phosphoric ester groups is 1. The Kier molecular flexibility index (Phi) is 17.2. The lowest BCUT2D eigenvalue weighted by Gasteiger charge is -2.08. The van der Waals surface area contributed by atoms with E-state index in [1.165, 1.54) is 21.3 Å². The highest BCUT2D eigenvalue weighted by atomic mass is 31.2. The number of phosphoric acid groups is 1. The highest BCUT2D eigenvalue weighted by Gasteiger charge is 2.18. The van der Waals surface area contributed by atoms with E-state index in [4.69, 9.17) is 15.0 Å². The summed E-state index contributed by atoms with van der Waals surface area (Å²) < 4.78 is 23.7. The lowest BCUT2D eigenvalue weighted by atomic mass is 10.8. The summed E-state index contributed by atoms with van der Waals surface area (Å²) in [7, 11) is 0.611. The third-order valence-corrected chi connectivity index (χ3v) is 2.01. The molecule has 0 aromatic rings. The van der Waals surface area contributed by atoms with Crippen molar-refractivity contribution in [3.63, 3.8) is 0 Å². The molecule has 0 aromatic heterocycles. The molecule has 0 atom stereocenters. The van der Waals surface area contributed by atoms with Gasteiger partial charge < -0.3 is 10.2 Å². The Morgan fingerprint density at radius 2 is 1.33 bits per heavy atom. The van der Waals surface area contributed by atoms with Gasteiger partial charge in [0.1, 0.15) is 0 Å². The summed E-state index contributed by atoms with van der Waals surface area (Å²) in [5.41, 5.74) is 0. The second kappa shape index (κ2) is 13.1. The maximum Gasteiger partial charge on any atom is 0.503 e. The summed E-state index contributed by atoms with van der Waals surface area (Å²) in [6, 6.07) is 0. The predicted octanol–water partition coefficient (Wildman–Crippen LogP) is 2.45. The van der Waals surface area contributed by atoms with Gasteiger partial charge in [0.2, 0.25) is 0 Å². The molecule has 0 heterocycles. The summed E-state index contributed by atoms with van der Waals surface area (Å²) >= 11 is 0. The van der Waals surface area contributed by atoms with Crippen LogP contribution < -0.4 is 0 Å².